The van der Waals surface area contributed by atoms with E-state index in [0.29, 0.717) is 10.6 Å². The fraction of sp³-hybridized carbons (Fsp3) is 0.625. The summed E-state index contributed by atoms with van der Waals surface area (Å²) in [5.74, 6) is 0. The Kier molecular flexibility index (Phi) is 7.91. The maximum absolute atomic E-state index is 12.9. The van der Waals surface area contributed by atoms with Gasteiger partial charge in [0.25, 0.3) is 0 Å². The van der Waals surface area contributed by atoms with Crippen LogP contribution in [0.2, 0.25) is 0 Å². The molecule has 2 N–H and O–H groups in total. The molecule has 2 rings (SSSR count). The first-order valence-corrected chi connectivity index (χ1v) is 15.4. The average molecular weight is 517 g/mol. The van der Waals surface area contributed by atoms with E-state index in [0.717, 1.165) is 22.3 Å². The number of aryl methyl sites for hydroxylation is 2. The normalized spacial score (nSPS) is 15.1. The Morgan fingerprint density at radius 1 is 0.583 bits per heavy atom. The van der Waals surface area contributed by atoms with E-state index >= 15 is 0 Å². The van der Waals surface area contributed by atoms with Crippen molar-refractivity contribution >= 4 is 17.9 Å². The van der Waals surface area contributed by atoms with Gasteiger partial charge in [-0.15, -0.1) is 0 Å². The number of benzene rings is 2. The van der Waals surface area contributed by atoms with Crippen LogP contribution >= 0.6 is 7.28 Å². The van der Waals surface area contributed by atoms with Crippen molar-refractivity contribution < 1.29 is 14.3 Å². The zero-order valence-corrected chi connectivity index (χ0v) is 26.7. The van der Waals surface area contributed by atoms with Crippen LogP contribution in [0.15, 0.2) is 24.3 Å². The second kappa shape index (κ2) is 9.19. The molecule has 0 aliphatic heterocycles. The molecule has 0 unspecified atom stereocenters. The zero-order valence-electron chi connectivity index (χ0n) is 25.8. The summed E-state index contributed by atoms with van der Waals surface area (Å²) in [6.45, 7) is 32.1. The van der Waals surface area contributed by atoms with Crippen molar-refractivity contribution in [2.75, 3.05) is 6.61 Å². The van der Waals surface area contributed by atoms with Gasteiger partial charge in [-0.3, -0.25) is 0 Å². The molecule has 0 spiro atoms. The topological polar surface area (TPSA) is 49.7 Å². The third-order valence-corrected chi connectivity index (χ3v) is 10.7. The molecule has 0 fully saturated rings. The van der Waals surface area contributed by atoms with Gasteiger partial charge in [0.1, 0.15) is 0 Å². The van der Waals surface area contributed by atoms with E-state index in [9.17, 15) is 9.79 Å². The van der Waals surface area contributed by atoms with Crippen LogP contribution in [0, 0.1) is 13.8 Å². The van der Waals surface area contributed by atoms with Gasteiger partial charge < -0.3 is 0 Å². The number of hydrogen-bond donors (Lipinski definition) is 2. The second-order valence-electron chi connectivity index (χ2n) is 14.7. The molecule has 0 saturated heterocycles. The monoisotopic (exact) mass is 516 g/mol. The van der Waals surface area contributed by atoms with E-state index in [1.165, 1.54) is 11.1 Å². The molecule has 2 aromatic rings. The first-order valence-electron chi connectivity index (χ1n) is 13.3. The predicted octanol–water partition coefficient (Wildman–Crippen LogP) is 7.76. The first-order chi connectivity index (χ1) is 15.8. The van der Waals surface area contributed by atoms with Crippen molar-refractivity contribution in [3.8, 4) is 0 Å². The molecule has 0 heterocycles. The van der Waals surface area contributed by atoms with E-state index in [1.54, 1.807) is 0 Å². The van der Waals surface area contributed by atoms with Crippen molar-refractivity contribution in [1.29, 1.82) is 0 Å². The molecule has 0 radical (unpaired) electrons. The standard InChI is InChI=1S/C32H53O3P/c1-16-35-36(33,34,27-21(2)17-23(29(4,5)6)19-25(27)31(10,11)12)28-22(3)18-24(30(7,8)9)20-26(28)32(13,14)15/h17-20,33-34H,16H2,1-15H3. The molecule has 4 heteroatoms. The summed E-state index contributed by atoms with van der Waals surface area (Å²) in [5.41, 5.74) is 5.16. The van der Waals surface area contributed by atoms with Crippen molar-refractivity contribution in [2.24, 2.45) is 0 Å². The molecule has 0 atom stereocenters. The Labute approximate surface area is 221 Å². The van der Waals surface area contributed by atoms with Gasteiger partial charge in [-0.05, 0) is 0 Å². The molecule has 0 aliphatic rings. The predicted molar refractivity (Wildman–Crippen MR) is 159 cm³/mol. The van der Waals surface area contributed by atoms with Gasteiger partial charge in [0.05, 0.1) is 0 Å². The van der Waals surface area contributed by atoms with Crippen LogP contribution in [0.3, 0.4) is 0 Å². The van der Waals surface area contributed by atoms with Crippen LogP contribution < -0.4 is 10.6 Å². The van der Waals surface area contributed by atoms with Gasteiger partial charge >= 0.3 is 222 Å². The Balaban J connectivity index is 3.24. The molecule has 0 bridgehead atoms. The second-order valence-corrected chi connectivity index (χ2v) is 17.8. The summed E-state index contributed by atoms with van der Waals surface area (Å²) >= 11 is 0. The van der Waals surface area contributed by atoms with Crippen LogP contribution in [0.4, 0.5) is 0 Å². The van der Waals surface area contributed by atoms with E-state index < -0.39 is 7.28 Å². The van der Waals surface area contributed by atoms with Gasteiger partial charge in [0, 0.05) is 0 Å². The minimum atomic E-state index is -5.08. The summed E-state index contributed by atoms with van der Waals surface area (Å²) in [5, 5.41) is 1.11. The van der Waals surface area contributed by atoms with E-state index in [4.69, 9.17) is 4.52 Å². The molecule has 0 aromatic heterocycles. The summed E-state index contributed by atoms with van der Waals surface area (Å²) in [6.07, 6.45) is 0. The van der Waals surface area contributed by atoms with Crippen LogP contribution in [0.1, 0.15) is 123 Å². The van der Waals surface area contributed by atoms with Crippen molar-refractivity contribution in [3.05, 3.63) is 57.6 Å². The molecule has 3 nitrogen and oxygen atoms in total. The maximum atomic E-state index is 12.9. The van der Waals surface area contributed by atoms with Crippen LogP contribution in [-0.4, -0.2) is 16.4 Å². The first kappa shape index (κ1) is 31.0. The Hall–Kier alpha value is -1.25. The molecule has 36 heavy (non-hydrogen) atoms. The van der Waals surface area contributed by atoms with Gasteiger partial charge in [-0.1, -0.05) is 0 Å². The number of rotatable bonds is 4. The van der Waals surface area contributed by atoms with Crippen molar-refractivity contribution in [2.45, 2.75) is 126 Å². The molecule has 0 aliphatic carbocycles. The van der Waals surface area contributed by atoms with Gasteiger partial charge in [-0.25, -0.2) is 0 Å². The molecule has 204 valence electrons. The molecule has 0 amide bonds. The van der Waals surface area contributed by atoms with Crippen LogP contribution in [-0.2, 0) is 26.2 Å². The van der Waals surface area contributed by atoms with E-state index in [1.807, 2.05) is 20.8 Å². The molecule has 0 saturated carbocycles. The summed E-state index contributed by atoms with van der Waals surface area (Å²) in [4.78, 5) is 25.8. The fourth-order valence-corrected chi connectivity index (χ4v) is 9.16. The van der Waals surface area contributed by atoms with E-state index in [2.05, 4.69) is 107 Å². The fourth-order valence-electron chi connectivity index (χ4n) is 5.12. The summed E-state index contributed by atoms with van der Waals surface area (Å²) < 4.78 is 6.32. The van der Waals surface area contributed by atoms with Gasteiger partial charge in [-0.2, -0.15) is 0 Å². The average Bonchev–Trinajstić information content (AvgIpc) is 2.63. The molecular formula is C32H53O3P. The van der Waals surface area contributed by atoms with Gasteiger partial charge in [0.15, 0.2) is 0 Å². The number of hydrogen-bond acceptors (Lipinski definition) is 3. The van der Waals surface area contributed by atoms with Crippen molar-refractivity contribution in [3.63, 3.8) is 0 Å². The zero-order chi connectivity index (χ0) is 28.3. The Morgan fingerprint density at radius 2 is 0.889 bits per heavy atom. The third-order valence-electron chi connectivity index (χ3n) is 7.13. The third kappa shape index (κ3) is 5.75. The molecule has 2 aromatic carbocycles. The van der Waals surface area contributed by atoms with E-state index in [-0.39, 0.29) is 28.3 Å². The minimum absolute atomic E-state index is 0.0723. The summed E-state index contributed by atoms with van der Waals surface area (Å²) in [6, 6.07) is 8.58. The van der Waals surface area contributed by atoms with Crippen LogP contribution in [0.5, 0.6) is 0 Å². The SMILES string of the molecule is CCOP(O)(O)(c1c(C)cc(C(C)(C)C)cc1C(C)(C)C)c1c(C)cc(C(C)(C)C)cc1C(C)(C)C. The van der Waals surface area contributed by atoms with Crippen LogP contribution in [0.25, 0.3) is 0 Å². The molecular weight excluding hydrogens is 463 g/mol. The van der Waals surface area contributed by atoms with Crippen molar-refractivity contribution in [1.82, 2.24) is 0 Å². The summed E-state index contributed by atoms with van der Waals surface area (Å²) in [7, 11) is -5.08. The Bertz CT molecular complexity index is 1040. The Morgan fingerprint density at radius 3 is 1.11 bits per heavy atom. The quantitative estimate of drug-likeness (QED) is 0.408. The van der Waals surface area contributed by atoms with Gasteiger partial charge in [0.2, 0.25) is 0 Å².